The number of guanidine groups is 1. The Hall–Kier alpha value is -1.71. The van der Waals surface area contributed by atoms with Gasteiger partial charge in [-0.15, -0.1) is 0 Å². The highest BCUT2D eigenvalue weighted by Crippen LogP contribution is 2.16. The third-order valence-electron chi connectivity index (χ3n) is 4.31. The minimum Gasteiger partial charge on any atom is -0.497 e. The summed E-state index contributed by atoms with van der Waals surface area (Å²) in [7, 11) is 1.71. The molecule has 0 amide bonds. The SMILES string of the molecule is CCNC(=NCCCc1cccc(OC)c1)N1CCCC(C)C1. The number of aryl methyl sites for hydroxylation is 1. The zero-order valence-electron chi connectivity index (χ0n) is 14.8. The molecule has 128 valence electrons. The monoisotopic (exact) mass is 317 g/mol. The molecule has 0 radical (unpaired) electrons. The normalized spacial score (nSPS) is 18.8. The van der Waals surface area contributed by atoms with Crippen LogP contribution in [0.4, 0.5) is 0 Å². The number of ether oxygens (including phenoxy) is 1. The summed E-state index contributed by atoms with van der Waals surface area (Å²) in [6.45, 7) is 8.52. The molecule has 1 N–H and O–H groups in total. The number of methoxy groups -OCH3 is 1. The molecule has 4 heteroatoms. The third kappa shape index (κ3) is 5.77. The van der Waals surface area contributed by atoms with Gasteiger partial charge in [0, 0.05) is 26.2 Å². The number of benzene rings is 1. The summed E-state index contributed by atoms with van der Waals surface area (Å²) in [6, 6.07) is 8.31. The maximum atomic E-state index is 5.28. The Bertz CT molecular complexity index is 501. The highest BCUT2D eigenvalue weighted by Gasteiger charge is 2.18. The van der Waals surface area contributed by atoms with Crippen LogP contribution in [0.5, 0.6) is 5.75 Å². The van der Waals surface area contributed by atoms with Gasteiger partial charge in [-0.05, 0) is 56.2 Å². The molecule has 1 aromatic rings. The van der Waals surface area contributed by atoms with Gasteiger partial charge in [0.05, 0.1) is 7.11 Å². The predicted molar refractivity (Wildman–Crippen MR) is 97.3 cm³/mol. The summed E-state index contributed by atoms with van der Waals surface area (Å²) < 4.78 is 5.28. The Morgan fingerprint density at radius 1 is 1.43 bits per heavy atom. The lowest BCUT2D eigenvalue weighted by Crippen LogP contribution is -2.46. The average molecular weight is 317 g/mol. The summed E-state index contributed by atoms with van der Waals surface area (Å²) >= 11 is 0. The second-order valence-electron chi connectivity index (χ2n) is 6.38. The Kier molecular flexibility index (Phi) is 7.24. The molecule has 0 aromatic heterocycles. The second-order valence-corrected chi connectivity index (χ2v) is 6.38. The molecule has 1 saturated heterocycles. The number of likely N-dealkylation sites (tertiary alicyclic amines) is 1. The van der Waals surface area contributed by atoms with Gasteiger partial charge in [0.1, 0.15) is 5.75 Å². The molecule has 0 saturated carbocycles. The number of nitrogens with zero attached hydrogens (tertiary/aromatic N) is 2. The summed E-state index contributed by atoms with van der Waals surface area (Å²) in [5.41, 5.74) is 1.32. The second kappa shape index (κ2) is 9.43. The van der Waals surface area contributed by atoms with E-state index in [4.69, 9.17) is 9.73 Å². The Morgan fingerprint density at radius 3 is 3.04 bits per heavy atom. The highest BCUT2D eigenvalue weighted by atomic mass is 16.5. The smallest absolute Gasteiger partial charge is 0.193 e. The van der Waals surface area contributed by atoms with Crippen molar-refractivity contribution in [2.75, 3.05) is 33.3 Å². The standard InChI is InChI=1S/C19H31N3O/c1-4-20-19(22-13-7-8-16(2)15-22)21-12-6-10-17-9-5-11-18(14-17)23-3/h5,9,11,14,16H,4,6-8,10,12-13,15H2,1-3H3,(H,20,21). The Balaban J connectivity index is 1.85. The van der Waals surface area contributed by atoms with E-state index in [-0.39, 0.29) is 0 Å². The van der Waals surface area contributed by atoms with Crippen molar-refractivity contribution in [2.45, 2.75) is 39.5 Å². The van der Waals surface area contributed by atoms with Gasteiger partial charge in [0.15, 0.2) is 5.96 Å². The first-order valence-electron chi connectivity index (χ1n) is 8.89. The van der Waals surface area contributed by atoms with E-state index in [1.807, 2.05) is 6.07 Å². The first-order chi connectivity index (χ1) is 11.2. The fourth-order valence-corrected chi connectivity index (χ4v) is 3.10. The zero-order chi connectivity index (χ0) is 16.5. The van der Waals surface area contributed by atoms with Gasteiger partial charge in [0.25, 0.3) is 0 Å². The molecular formula is C19H31N3O. The van der Waals surface area contributed by atoms with Crippen molar-refractivity contribution in [3.63, 3.8) is 0 Å². The Labute approximate surface area is 140 Å². The molecule has 1 fully saturated rings. The van der Waals surface area contributed by atoms with Crippen LogP contribution in [-0.4, -0.2) is 44.1 Å². The van der Waals surface area contributed by atoms with Crippen molar-refractivity contribution < 1.29 is 4.74 Å². The van der Waals surface area contributed by atoms with Crippen LogP contribution in [0.1, 0.15) is 38.7 Å². The molecule has 1 heterocycles. The first kappa shape index (κ1) is 17.6. The summed E-state index contributed by atoms with van der Waals surface area (Å²) in [5, 5.41) is 3.45. The molecular weight excluding hydrogens is 286 g/mol. The van der Waals surface area contributed by atoms with Gasteiger partial charge in [0.2, 0.25) is 0 Å². The fraction of sp³-hybridized carbons (Fsp3) is 0.632. The van der Waals surface area contributed by atoms with E-state index in [1.165, 1.54) is 18.4 Å². The molecule has 1 aliphatic rings. The highest BCUT2D eigenvalue weighted by molar-refractivity contribution is 5.80. The number of aliphatic imine (C=N–C) groups is 1. The van der Waals surface area contributed by atoms with E-state index < -0.39 is 0 Å². The van der Waals surface area contributed by atoms with Gasteiger partial charge in [-0.1, -0.05) is 19.1 Å². The van der Waals surface area contributed by atoms with Gasteiger partial charge in [-0.25, -0.2) is 0 Å². The number of rotatable bonds is 6. The summed E-state index contributed by atoms with van der Waals surface area (Å²) in [6.07, 6.45) is 4.71. The van der Waals surface area contributed by atoms with E-state index in [9.17, 15) is 0 Å². The summed E-state index contributed by atoms with van der Waals surface area (Å²) in [5.74, 6) is 2.79. The zero-order valence-corrected chi connectivity index (χ0v) is 14.8. The van der Waals surface area contributed by atoms with Crippen LogP contribution in [0.3, 0.4) is 0 Å². The quantitative estimate of drug-likeness (QED) is 0.497. The molecule has 1 atom stereocenters. The number of hydrogen-bond acceptors (Lipinski definition) is 2. The molecule has 2 rings (SSSR count). The van der Waals surface area contributed by atoms with E-state index in [1.54, 1.807) is 7.11 Å². The minimum absolute atomic E-state index is 0.768. The fourth-order valence-electron chi connectivity index (χ4n) is 3.10. The van der Waals surface area contributed by atoms with Crippen molar-refractivity contribution in [3.8, 4) is 5.75 Å². The molecule has 4 nitrogen and oxygen atoms in total. The molecule has 23 heavy (non-hydrogen) atoms. The van der Waals surface area contributed by atoms with Crippen LogP contribution in [0.2, 0.25) is 0 Å². The van der Waals surface area contributed by atoms with Crippen LogP contribution < -0.4 is 10.1 Å². The molecule has 0 aliphatic carbocycles. The lowest BCUT2D eigenvalue weighted by atomic mass is 10.0. The van der Waals surface area contributed by atoms with Crippen LogP contribution in [0.15, 0.2) is 29.3 Å². The molecule has 1 aliphatic heterocycles. The number of piperidine rings is 1. The van der Waals surface area contributed by atoms with Crippen molar-refractivity contribution in [1.82, 2.24) is 10.2 Å². The van der Waals surface area contributed by atoms with Gasteiger partial charge >= 0.3 is 0 Å². The van der Waals surface area contributed by atoms with Gasteiger partial charge in [-0.3, -0.25) is 4.99 Å². The van der Waals surface area contributed by atoms with Crippen LogP contribution in [0.25, 0.3) is 0 Å². The van der Waals surface area contributed by atoms with E-state index >= 15 is 0 Å². The van der Waals surface area contributed by atoms with Crippen molar-refractivity contribution in [2.24, 2.45) is 10.9 Å². The lowest BCUT2D eigenvalue weighted by molar-refractivity contribution is 0.266. The van der Waals surface area contributed by atoms with Crippen LogP contribution >= 0.6 is 0 Å². The van der Waals surface area contributed by atoms with Crippen LogP contribution in [-0.2, 0) is 6.42 Å². The minimum atomic E-state index is 0.768. The Morgan fingerprint density at radius 2 is 2.30 bits per heavy atom. The first-order valence-corrected chi connectivity index (χ1v) is 8.89. The summed E-state index contributed by atoms with van der Waals surface area (Å²) in [4.78, 5) is 7.25. The van der Waals surface area contributed by atoms with E-state index in [0.717, 1.165) is 56.6 Å². The number of nitrogens with one attached hydrogen (secondary N) is 1. The largest absolute Gasteiger partial charge is 0.497 e. The lowest BCUT2D eigenvalue weighted by Gasteiger charge is -2.33. The average Bonchev–Trinajstić information content (AvgIpc) is 2.58. The molecule has 0 bridgehead atoms. The predicted octanol–water partition coefficient (Wildman–Crippen LogP) is 3.33. The molecule has 1 aromatic carbocycles. The maximum absolute atomic E-state index is 5.28. The van der Waals surface area contributed by atoms with E-state index in [0.29, 0.717) is 0 Å². The topological polar surface area (TPSA) is 36.9 Å². The molecule has 0 spiro atoms. The molecule has 1 unspecified atom stereocenters. The van der Waals surface area contributed by atoms with Crippen molar-refractivity contribution in [3.05, 3.63) is 29.8 Å². The van der Waals surface area contributed by atoms with Crippen LogP contribution in [0, 0.1) is 5.92 Å². The van der Waals surface area contributed by atoms with Crippen molar-refractivity contribution >= 4 is 5.96 Å². The van der Waals surface area contributed by atoms with Gasteiger partial charge < -0.3 is 15.0 Å². The van der Waals surface area contributed by atoms with E-state index in [2.05, 4.69) is 42.3 Å². The third-order valence-corrected chi connectivity index (χ3v) is 4.31. The van der Waals surface area contributed by atoms with Crippen molar-refractivity contribution in [1.29, 1.82) is 0 Å². The maximum Gasteiger partial charge on any atom is 0.193 e. The van der Waals surface area contributed by atoms with Gasteiger partial charge in [-0.2, -0.15) is 0 Å². The number of hydrogen-bond donors (Lipinski definition) is 1.